The molecule has 0 spiro atoms. The number of nitrogens with one attached hydrogen (secondary N) is 4. The van der Waals surface area contributed by atoms with Crippen LogP contribution in [0.2, 0.25) is 5.02 Å². The standard InChI is InChI=1S/C48H58ClN11O6/c1-47(2)45(48(3,4)46(47)66-35-11-7-32(27-50)37(49)26-35)54-42(63)31-5-9-34(10-6-31)59-23-21-58(22-24-59)29-30-15-18-57(19-16-30)20-17-51-41(62)28-52-33-8-12-38-36(25-33)44(65)60(56-55-38)39-13-14-40(61)53-43(39)64/h5-12,25-26,30,39,45-46,52H,13-24,28-29H2,1-4H3,(H,51,62)(H,54,63)(H,53,61,64). The lowest BCUT2D eigenvalue weighted by Gasteiger charge is -2.63. The number of amides is 4. The molecule has 3 saturated heterocycles. The summed E-state index contributed by atoms with van der Waals surface area (Å²) in [5.41, 5.74) is 1.87. The van der Waals surface area contributed by atoms with E-state index in [0.29, 0.717) is 45.6 Å². The van der Waals surface area contributed by atoms with Crippen LogP contribution in [0.5, 0.6) is 5.75 Å². The first-order valence-electron chi connectivity index (χ1n) is 22.8. The van der Waals surface area contributed by atoms with Gasteiger partial charge in [0, 0.05) is 92.1 Å². The van der Waals surface area contributed by atoms with E-state index in [2.05, 4.69) is 80.0 Å². The summed E-state index contributed by atoms with van der Waals surface area (Å²) in [7, 11) is 0. The second kappa shape index (κ2) is 19.4. The first kappa shape index (κ1) is 46.4. The molecule has 0 radical (unpaired) electrons. The third-order valence-corrected chi connectivity index (χ3v) is 14.2. The van der Waals surface area contributed by atoms with Gasteiger partial charge in [-0.3, -0.25) is 34.2 Å². The Morgan fingerprint density at radius 1 is 0.909 bits per heavy atom. The molecule has 4 amide bonds. The van der Waals surface area contributed by atoms with E-state index in [9.17, 15) is 29.2 Å². The lowest BCUT2D eigenvalue weighted by molar-refractivity contribution is -0.164. The van der Waals surface area contributed by atoms with Gasteiger partial charge in [0.05, 0.1) is 22.5 Å². The summed E-state index contributed by atoms with van der Waals surface area (Å²) in [6, 6.07) is 19.0. The van der Waals surface area contributed by atoms with Crippen LogP contribution in [-0.2, 0) is 14.4 Å². The van der Waals surface area contributed by atoms with Gasteiger partial charge in [-0.25, -0.2) is 0 Å². The third-order valence-electron chi connectivity index (χ3n) is 13.9. The van der Waals surface area contributed by atoms with Crippen molar-refractivity contribution in [2.75, 3.05) is 75.7 Å². The van der Waals surface area contributed by atoms with Gasteiger partial charge in [-0.1, -0.05) is 44.5 Å². The average Bonchev–Trinajstić information content (AvgIpc) is 3.30. The molecule has 8 rings (SSSR count). The quantitative estimate of drug-likeness (QED) is 0.132. The highest BCUT2D eigenvalue weighted by Gasteiger charge is 2.64. The number of aromatic nitrogens is 3. The van der Waals surface area contributed by atoms with Crippen LogP contribution in [0.3, 0.4) is 0 Å². The Hall–Kier alpha value is -6.09. The molecular weight excluding hydrogens is 862 g/mol. The smallest absolute Gasteiger partial charge is 0.278 e. The maximum atomic E-state index is 13.5. The lowest BCUT2D eigenvalue weighted by atomic mass is 9.49. The van der Waals surface area contributed by atoms with Crippen LogP contribution in [0.15, 0.2) is 65.5 Å². The van der Waals surface area contributed by atoms with Crippen molar-refractivity contribution in [2.45, 2.75) is 71.6 Å². The maximum Gasteiger partial charge on any atom is 0.278 e. The molecule has 1 saturated carbocycles. The Bertz CT molecular complexity index is 2560. The van der Waals surface area contributed by atoms with Gasteiger partial charge >= 0.3 is 0 Å². The minimum Gasteiger partial charge on any atom is -0.489 e. The number of halogens is 1. The fourth-order valence-corrected chi connectivity index (χ4v) is 10.7. The first-order chi connectivity index (χ1) is 31.6. The average molecular weight is 921 g/mol. The van der Waals surface area contributed by atoms with Gasteiger partial charge < -0.3 is 30.5 Å². The van der Waals surface area contributed by atoms with Crippen LogP contribution < -0.4 is 36.5 Å². The molecule has 348 valence electrons. The fourth-order valence-electron chi connectivity index (χ4n) is 10.5. The van der Waals surface area contributed by atoms with Crippen molar-refractivity contribution < 1.29 is 23.9 Å². The molecule has 4 heterocycles. The number of nitrogens with zero attached hydrogens (tertiary/aromatic N) is 7. The number of carbonyl (C=O) groups excluding carboxylic acids is 4. The van der Waals surface area contributed by atoms with Crippen LogP contribution >= 0.6 is 11.6 Å². The number of hydrogen-bond donors (Lipinski definition) is 4. The zero-order valence-electron chi connectivity index (χ0n) is 37.9. The first-order valence-corrected chi connectivity index (χ1v) is 23.2. The molecule has 1 unspecified atom stereocenters. The molecular formula is C48H58ClN11O6. The largest absolute Gasteiger partial charge is 0.489 e. The van der Waals surface area contributed by atoms with E-state index in [1.165, 1.54) is 0 Å². The van der Waals surface area contributed by atoms with Gasteiger partial charge in [0.2, 0.25) is 11.8 Å². The van der Waals surface area contributed by atoms with E-state index in [1.54, 1.807) is 36.4 Å². The monoisotopic (exact) mass is 919 g/mol. The Labute approximate surface area is 389 Å². The van der Waals surface area contributed by atoms with Crippen LogP contribution in [-0.4, -0.2) is 126 Å². The van der Waals surface area contributed by atoms with E-state index in [-0.39, 0.29) is 65.5 Å². The molecule has 1 aliphatic carbocycles. The number of fused-ring (bicyclic) bond motifs is 1. The van der Waals surface area contributed by atoms with E-state index >= 15 is 0 Å². The Morgan fingerprint density at radius 3 is 2.32 bits per heavy atom. The Morgan fingerprint density at radius 2 is 1.64 bits per heavy atom. The second-order valence-electron chi connectivity index (χ2n) is 19.2. The highest BCUT2D eigenvalue weighted by atomic mass is 35.5. The van der Waals surface area contributed by atoms with Crippen molar-refractivity contribution in [3.63, 3.8) is 0 Å². The van der Waals surface area contributed by atoms with Gasteiger partial charge in [0.25, 0.3) is 17.4 Å². The number of likely N-dealkylation sites (tertiary alicyclic amines) is 1. The van der Waals surface area contributed by atoms with Crippen molar-refractivity contribution in [3.05, 3.63) is 87.2 Å². The summed E-state index contributed by atoms with van der Waals surface area (Å²) in [5, 5.41) is 29.4. The van der Waals surface area contributed by atoms with Crippen molar-refractivity contribution in [1.82, 2.24) is 40.7 Å². The highest BCUT2D eigenvalue weighted by Crippen LogP contribution is 2.55. The van der Waals surface area contributed by atoms with Crippen LogP contribution in [0, 0.1) is 28.1 Å². The number of ether oxygens (including phenoxy) is 1. The molecule has 17 nitrogen and oxygen atoms in total. The summed E-state index contributed by atoms with van der Waals surface area (Å²) < 4.78 is 7.40. The molecule has 4 N–H and O–H groups in total. The Kier molecular flexibility index (Phi) is 13.7. The minimum absolute atomic E-state index is 0.0269. The van der Waals surface area contributed by atoms with Gasteiger partial charge in [-0.05, 0) is 92.9 Å². The summed E-state index contributed by atoms with van der Waals surface area (Å²) in [6.07, 6.45) is 2.34. The van der Waals surface area contributed by atoms with E-state index < -0.39 is 17.5 Å². The number of piperazine rings is 1. The topological polar surface area (TPSA) is 207 Å². The van der Waals surface area contributed by atoms with Crippen LogP contribution in [0.25, 0.3) is 10.9 Å². The lowest BCUT2D eigenvalue weighted by Crippen LogP contribution is -2.74. The summed E-state index contributed by atoms with van der Waals surface area (Å²) >= 11 is 6.26. The van der Waals surface area contributed by atoms with Crippen molar-refractivity contribution in [1.29, 1.82) is 5.26 Å². The molecule has 4 fully saturated rings. The molecule has 1 atom stereocenters. The van der Waals surface area contributed by atoms with Crippen molar-refractivity contribution in [2.24, 2.45) is 16.7 Å². The molecule has 1 aromatic heterocycles. The zero-order valence-corrected chi connectivity index (χ0v) is 38.7. The molecule has 4 aliphatic rings. The molecule has 18 heteroatoms. The molecule has 3 aliphatic heterocycles. The number of piperidine rings is 2. The maximum absolute atomic E-state index is 13.5. The predicted octanol–water partition coefficient (Wildman–Crippen LogP) is 3.97. The third kappa shape index (κ3) is 10.0. The molecule has 4 aromatic rings. The second-order valence-corrected chi connectivity index (χ2v) is 19.6. The van der Waals surface area contributed by atoms with E-state index in [1.807, 2.05) is 24.3 Å². The number of anilines is 2. The number of benzene rings is 3. The number of hydrogen-bond acceptors (Lipinski definition) is 13. The van der Waals surface area contributed by atoms with Gasteiger partial charge in [0.15, 0.2) is 0 Å². The number of nitriles is 1. The van der Waals surface area contributed by atoms with Crippen molar-refractivity contribution >= 4 is 57.5 Å². The number of carbonyl (C=O) groups is 4. The summed E-state index contributed by atoms with van der Waals surface area (Å²) in [4.78, 5) is 70.7. The van der Waals surface area contributed by atoms with Crippen LogP contribution in [0.4, 0.5) is 11.4 Å². The van der Waals surface area contributed by atoms with Crippen LogP contribution in [0.1, 0.15) is 75.3 Å². The zero-order chi connectivity index (χ0) is 46.8. The SMILES string of the molecule is CC1(C)C(NC(=O)c2ccc(N3CCN(CC4CCN(CCNC(=O)CNc5ccc6nnn(C7CCC(=O)NC7=O)c(=O)c6c5)CC4)CC3)cc2)C(C)(C)C1Oc1ccc(C#N)c(Cl)c1. The molecule has 66 heavy (non-hydrogen) atoms. The number of imide groups is 1. The van der Waals surface area contributed by atoms with E-state index in [0.717, 1.165) is 75.6 Å². The van der Waals surface area contributed by atoms with Gasteiger partial charge in [-0.2, -0.15) is 9.94 Å². The van der Waals surface area contributed by atoms with E-state index in [4.69, 9.17) is 16.3 Å². The Balaban J connectivity index is 0.716. The summed E-state index contributed by atoms with van der Waals surface area (Å²) in [6.45, 7) is 16.6. The predicted molar refractivity (Wildman–Crippen MR) is 250 cm³/mol. The number of rotatable bonds is 14. The van der Waals surface area contributed by atoms with Gasteiger partial charge in [-0.15, -0.1) is 5.10 Å². The minimum atomic E-state index is -0.911. The highest BCUT2D eigenvalue weighted by molar-refractivity contribution is 6.31. The van der Waals surface area contributed by atoms with Gasteiger partial charge in [0.1, 0.15) is 29.5 Å². The molecule has 0 bridgehead atoms. The molecule has 3 aromatic carbocycles. The fraction of sp³-hybridized carbons (Fsp3) is 0.500. The van der Waals surface area contributed by atoms with Crippen molar-refractivity contribution in [3.8, 4) is 11.8 Å². The summed E-state index contributed by atoms with van der Waals surface area (Å²) in [5.74, 6) is 0.000573. The normalized spacial score (nSPS) is 22.2.